The van der Waals surface area contributed by atoms with Gasteiger partial charge in [0, 0.05) is 6.07 Å². The minimum atomic E-state index is -0.366. The van der Waals surface area contributed by atoms with Crippen molar-refractivity contribution in [2.75, 3.05) is 0 Å². The molecule has 0 aliphatic rings. The molecule has 3 aromatic rings. The molecule has 0 saturated carbocycles. The van der Waals surface area contributed by atoms with E-state index in [1.807, 2.05) is 11.4 Å². The number of nitrogens with zero attached hydrogens (tertiary/aromatic N) is 2. The highest BCUT2D eigenvalue weighted by Gasteiger charge is 2.10. The van der Waals surface area contributed by atoms with Gasteiger partial charge in [-0.05, 0) is 35.2 Å². The summed E-state index contributed by atoms with van der Waals surface area (Å²) in [7, 11) is 0. The van der Waals surface area contributed by atoms with Gasteiger partial charge in [0.05, 0.1) is 5.39 Å². The third kappa shape index (κ3) is 2.14. The Morgan fingerprint density at radius 3 is 2.94 bits per heavy atom. The summed E-state index contributed by atoms with van der Waals surface area (Å²) in [6.07, 6.45) is 0. The zero-order valence-corrected chi connectivity index (χ0v) is 10.5. The molecule has 0 saturated heterocycles. The Morgan fingerprint density at radius 2 is 2.11 bits per heavy atom. The van der Waals surface area contributed by atoms with Crippen molar-refractivity contribution < 1.29 is 9.13 Å². The van der Waals surface area contributed by atoms with Crippen LogP contribution in [-0.2, 0) is 0 Å². The molecule has 18 heavy (non-hydrogen) atoms. The molecule has 1 aromatic carbocycles. The van der Waals surface area contributed by atoms with Crippen molar-refractivity contribution in [1.82, 2.24) is 9.97 Å². The number of hydrogen-bond donors (Lipinski definition) is 0. The first kappa shape index (κ1) is 11.4. The number of rotatable bonds is 2. The number of ether oxygens (including phenoxy) is 1. The van der Waals surface area contributed by atoms with E-state index in [1.165, 1.54) is 23.5 Å². The maximum absolute atomic E-state index is 13.1. The first-order valence-corrected chi connectivity index (χ1v) is 6.32. The molecule has 90 valence electrons. The van der Waals surface area contributed by atoms with Gasteiger partial charge < -0.3 is 4.74 Å². The van der Waals surface area contributed by atoms with Crippen LogP contribution >= 0.6 is 22.9 Å². The Balaban J connectivity index is 2.06. The summed E-state index contributed by atoms with van der Waals surface area (Å²) in [4.78, 5) is 8.83. The second-order valence-electron chi connectivity index (χ2n) is 3.50. The fourth-order valence-electron chi connectivity index (χ4n) is 1.52. The number of benzene rings is 1. The van der Waals surface area contributed by atoms with E-state index < -0.39 is 0 Å². The summed E-state index contributed by atoms with van der Waals surface area (Å²) in [6, 6.07) is 7.69. The highest BCUT2D eigenvalue weighted by molar-refractivity contribution is 7.16. The van der Waals surface area contributed by atoms with E-state index in [1.54, 1.807) is 12.1 Å². The summed E-state index contributed by atoms with van der Waals surface area (Å²) in [5, 5.41) is 2.73. The summed E-state index contributed by atoms with van der Waals surface area (Å²) >= 11 is 7.25. The summed E-state index contributed by atoms with van der Waals surface area (Å²) in [6.45, 7) is 0. The van der Waals surface area contributed by atoms with E-state index in [2.05, 4.69) is 9.97 Å². The van der Waals surface area contributed by atoms with E-state index in [0.717, 1.165) is 10.2 Å². The van der Waals surface area contributed by atoms with Gasteiger partial charge in [-0.25, -0.2) is 9.37 Å². The Hall–Kier alpha value is -1.72. The zero-order chi connectivity index (χ0) is 12.5. The standard InChI is InChI=1S/C12H6ClFN2OS/c13-12-15-10(9-4-5-18-11(9)16-12)17-8-3-1-2-7(14)6-8/h1-6H. The first-order chi connectivity index (χ1) is 8.72. The molecule has 0 amide bonds. The van der Waals surface area contributed by atoms with Crippen LogP contribution in [0.5, 0.6) is 11.6 Å². The number of halogens is 2. The van der Waals surface area contributed by atoms with Gasteiger partial charge in [-0.15, -0.1) is 11.3 Å². The normalized spacial score (nSPS) is 10.8. The third-order valence-electron chi connectivity index (χ3n) is 2.27. The van der Waals surface area contributed by atoms with Crippen molar-refractivity contribution in [3.8, 4) is 11.6 Å². The lowest BCUT2D eigenvalue weighted by Gasteiger charge is -2.05. The van der Waals surface area contributed by atoms with Crippen molar-refractivity contribution in [3.63, 3.8) is 0 Å². The molecular weight excluding hydrogens is 275 g/mol. The largest absolute Gasteiger partial charge is 0.438 e. The number of aromatic nitrogens is 2. The van der Waals surface area contributed by atoms with Crippen LogP contribution in [0.15, 0.2) is 35.7 Å². The second-order valence-corrected chi connectivity index (χ2v) is 4.73. The third-order valence-corrected chi connectivity index (χ3v) is 3.25. The molecule has 6 heteroatoms. The molecule has 0 spiro atoms. The highest BCUT2D eigenvalue weighted by atomic mass is 35.5. The average Bonchev–Trinajstić information content (AvgIpc) is 2.77. The van der Waals surface area contributed by atoms with Crippen LogP contribution in [-0.4, -0.2) is 9.97 Å². The van der Waals surface area contributed by atoms with Crippen LogP contribution in [0.4, 0.5) is 4.39 Å². The topological polar surface area (TPSA) is 35.0 Å². The van der Waals surface area contributed by atoms with Crippen molar-refractivity contribution in [3.05, 3.63) is 46.8 Å². The summed E-state index contributed by atoms with van der Waals surface area (Å²) in [5.74, 6) is 0.336. The number of hydrogen-bond acceptors (Lipinski definition) is 4. The van der Waals surface area contributed by atoms with E-state index in [-0.39, 0.29) is 11.1 Å². The SMILES string of the molecule is Fc1cccc(Oc2nc(Cl)nc3sccc23)c1. The van der Waals surface area contributed by atoms with Crippen molar-refractivity contribution >= 4 is 33.2 Å². The second kappa shape index (κ2) is 4.51. The van der Waals surface area contributed by atoms with E-state index >= 15 is 0 Å². The van der Waals surface area contributed by atoms with Crippen LogP contribution in [0.2, 0.25) is 5.28 Å². The van der Waals surface area contributed by atoms with Gasteiger partial charge in [0.25, 0.3) is 0 Å². The van der Waals surface area contributed by atoms with Gasteiger partial charge in [0.15, 0.2) is 0 Å². The molecule has 0 unspecified atom stereocenters. The van der Waals surface area contributed by atoms with Crippen LogP contribution < -0.4 is 4.74 Å². The minimum absolute atomic E-state index is 0.108. The molecule has 2 heterocycles. The quantitative estimate of drug-likeness (QED) is 0.657. The highest BCUT2D eigenvalue weighted by Crippen LogP contribution is 2.31. The van der Waals surface area contributed by atoms with Crippen LogP contribution in [0.3, 0.4) is 0 Å². The smallest absolute Gasteiger partial charge is 0.232 e. The summed E-state index contributed by atoms with van der Waals surface area (Å²) in [5.41, 5.74) is 0. The van der Waals surface area contributed by atoms with E-state index in [0.29, 0.717) is 11.6 Å². The maximum atomic E-state index is 13.1. The zero-order valence-electron chi connectivity index (χ0n) is 8.93. The molecule has 3 rings (SSSR count). The monoisotopic (exact) mass is 280 g/mol. The van der Waals surface area contributed by atoms with E-state index in [4.69, 9.17) is 16.3 Å². The molecule has 0 N–H and O–H groups in total. The lowest BCUT2D eigenvalue weighted by molar-refractivity contribution is 0.463. The van der Waals surface area contributed by atoms with Gasteiger partial charge in [-0.2, -0.15) is 4.98 Å². The van der Waals surface area contributed by atoms with Gasteiger partial charge in [-0.3, -0.25) is 0 Å². The van der Waals surface area contributed by atoms with Gasteiger partial charge >= 0.3 is 0 Å². The first-order valence-electron chi connectivity index (χ1n) is 5.06. The van der Waals surface area contributed by atoms with E-state index in [9.17, 15) is 4.39 Å². The molecule has 0 bridgehead atoms. The molecule has 0 radical (unpaired) electrons. The van der Waals surface area contributed by atoms with Crippen molar-refractivity contribution in [2.45, 2.75) is 0 Å². The van der Waals surface area contributed by atoms with Crippen LogP contribution in [0, 0.1) is 5.82 Å². The van der Waals surface area contributed by atoms with Gasteiger partial charge in [0.1, 0.15) is 16.4 Å². The maximum Gasteiger partial charge on any atom is 0.232 e. The van der Waals surface area contributed by atoms with Gasteiger partial charge in [-0.1, -0.05) is 6.07 Å². The van der Waals surface area contributed by atoms with Crippen molar-refractivity contribution in [2.24, 2.45) is 0 Å². The lowest BCUT2D eigenvalue weighted by Crippen LogP contribution is -1.91. The van der Waals surface area contributed by atoms with Gasteiger partial charge in [0.2, 0.25) is 11.2 Å². The Bertz CT molecular complexity index is 716. The Kier molecular flexibility index (Phi) is 2.85. The molecular formula is C12H6ClFN2OS. The Labute approximate surface area is 111 Å². The number of fused-ring (bicyclic) bond motifs is 1. The molecule has 0 atom stereocenters. The van der Waals surface area contributed by atoms with Crippen LogP contribution in [0.1, 0.15) is 0 Å². The molecule has 0 fully saturated rings. The van der Waals surface area contributed by atoms with Crippen LogP contribution in [0.25, 0.3) is 10.2 Å². The fourth-order valence-corrected chi connectivity index (χ4v) is 2.49. The minimum Gasteiger partial charge on any atom is -0.438 e. The summed E-state index contributed by atoms with van der Waals surface area (Å²) < 4.78 is 18.6. The predicted molar refractivity (Wildman–Crippen MR) is 68.9 cm³/mol. The molecule has 3 nitrogen and oxygen atoms in total. The molecule has 0 aliphatic heterocycles. The molecule has 2 aromatic heterocycles. The molecule has 0 aliphatic carbocycles. The predicted octanol–water partition coefficient (Wildman–Crippen LogP) is 4.28. The van der Waals surface area contributed by atoms with Crippen molar-refractivity contribution in [1.29, 1.82) is 0 Å². The Morgan fingerprint density at radius 1 is 1.22 bits per heavy atom. The lowest BCUT2D eigenvalue weighted by atomic mass is 10.3. The fraction of sp³-hybridized carbons (Fsp3) is 0. The average molecular weight is 281 g/mol. The number of thiophene rings is 1.